The number of carbonyl (C=O) groups is 2. The summed E-state index contributed by atoms with van der Waals surface area (Å²) in [5.41, 5.74) is 1.84. The van der Waals surface area contributed by atoms with E-state index in [1.165, 1.54) is 6.08 Å². The van der Waals surface area contributed by atoms with E-state index in [4.69, 9.17) is 14.2 Å². The number of carbonyl (C=O) groups excluding carboxylic acids is 2. The first-order chi connectivity index (χ1) is 12.6. The van der Waals surface area contributed by atoms with Crippen LogP contribution in [0.2, 0.25) is 0 Å². The van der Waals surface area contributed by atoms with Crippen LogP contribution in [0.3, 0.4) is 0 Å². The Morgan fingerprint density at radius 2 is 1.62 bits per heavy atom. The second-order valence-corrected chi connectivity index (χ2v) is 5.29. The van der Waals surface area contributed by atoms with Gasteiger partial charge in [0.25, 0.3) is 0 Å². The molecule has 2 aromatic rings. The van der Waals surface area contributed by atoms with Gasteiger partial charge in [0.1, 0.15) is 11.5 Å². The fourth-order valence-electron chi connectivity index (χ4n) is 2.08. The normalized spacial score (nSPS) is 10.3. The Morgan fingerprint density at radius 1 is 0.962 bits per heavy atom. The van der Waals surface area contributed by atoms with Crippen LogP contribution in [0.15, 0.2) is 67.3 Å². The molecule has 0 amide bonds. The van der Waals surface area contributed by atoms with Crippen molar-refractivity contribution in [2.45, 2.75) is 6.42 Å². The summed E-state index contributed by atoms with van der Waals surface area (Å²) >= 11 is 0. The summed E-state index contributed by atoms with van der Waals surface area (Å²) in [5, 5.41) is 0. The van der Waals surface area contributed by atoms with Crippen LogP contribution in [-0.2, 0) is 20.7 Å². The molecular weight excluding hydrogens is 332 g/mol. The van der Waals surface area contributed by atoms with Crippen molar-refractivity contribution in [3.8, 4) is 11.5 Å². The highest BCUT2D eigenvalue weighted by Gasteiger charge is 2.02. The van der Waals surface area contributed by atoms with E-state index >= 15 is 0 Å². The Balaban J connectivity index is 1.83. The molecule has 2 aromatic carbocycles. The fourth-order valence-corrected chi connectivity index (χ4v) is 2.08. The van der Waals surface area contributed by atoms with E-state index in [0.29, 0.717) is 12.2 Å². The van der Waals surface area contributed by atoms with Crippen LogP contribution in [0.5, 0.6) is 11.5 Å². The molecule has 2 rings (SSSR count). The van der Waals surface area contributed by atoms with Gasteiger partial charge in [0.15, 0.2) is 0 Å². The molecule has 0 spiro atoms. The second-order valence-electron chi connectivity index (χ2n) is 5.29. The van der Waals surface area contributed by atoms with Gasteiger partial charge in [-0.1, -0.05) is 30.8 Å². The minimum Gasteiger partial charge on any atom is -0.497 e. The van der Waals surface area contributed by atoms with Crippen molar-refractivity contribution in [2.75, 3.05) is 13.7 Å². The van der Waals surface area contributed by atoms with Crippen LogP contribution in [0.1, 0.15) is 11.1 Å². The summed E-state index contributed by atoms with van der Waals surface area (Å²) in [6, 6.07) is 14.3. The Morgan fingerprint density at radius 3 is 2.23 bits per heavy atom. The summed E-state index contributed by atoms with van der Waals surface area (Å²) in [7, 11) is 1.60. The number of methoxy groups -OCH3 is 1. The quantitative estimate of drug-likeness (QED) is 0.413. The van der Waals surface area contributed by atoms with Gasteiger partial charge in [0.05, 0.1) is 13.7 Å². The molecule has 5 nitrogen and oxygen atoms in total. The molecule has 0 N–H and O–H groups in total. The van der Waals surface area contributed by atoms with E-state index in [0.717, 1.165) is 23.0 Å². The Kier molecular flexibility index (Phi) is 7.18. The van der Waals surface area contributed by atoms with Crippen molar-refractivity contribution < 1.29 is 23.8 Å². The Labute approximate surface area is 152 Å². The monoisotopic (exact) mass is 352 g/mol. The van der Waals surface area contributed by atoms with Gasteiger partial charge in [-0.15, -0.1) is 0 Å². The molecule has 0 atom stereocenters. The molecular formula is C21H20O5. The topological polar surface area (TPSA) is 61.8 Å². The van der Waals surface area contributed by atoms with E-state index in [1.54, 1.807) is 25.3 Å². The van der Waals surface area contributed by atoms with Gasteiger partial charge in [-0.2, -0.15) is 0 Å². The number of esters is 2. The first-order valence-electron chi connectivity index (χ1n) is 8.03. The minimum absolute atomic E-state index is 0.272. The highest BCUT2D eigenvalue weighted by molar-refractivity contribution is 5.88. The standard InChI is InChI=1S/C21H20O5/c1-3-20(22)25-15-14-17-6-11-19(12-7-17)26-21(23)13-8-16-4-9-18(24-2)10-5-16/h3-13H,1,14-15H2,2H3/b13-8+. The van der Waals surface area contributed by atoms with Crippen molar-refractivity contribution in [3.63, 3.8) is 0 Å². The second kappa shape index (κ2) is 9.84. The lowest BCUT2D eigenvalue weighted by molar-refractivity contribution is -0.137. The molecule has 0 saturated carbocycles. The molecule has 0 radical (unpaired) electrons. The summed E-state index contributed by atoms with van der Waals surface area (Å²) in [6.07, 6.45) is 4.74. The lowest BCUT2D eigenvalue weighted by atomic mass is 10.1. The molecule has 0 aromatic heterocycles. The van der Waals surface area contributed by atoms with Gasteiger partial charge >= 0.3 is 11.9 Å². The molecule has 0 aliphatic carbocycles. The zero-order chi connectivity index (χ0) is 18.8. The molecule has 0 bridgehead atoms. The van der Waals surface area contributed by atoms with Crippen molar-refractivity contribution in [3.05, 3.63) is 78.4 Å². The zero-order valence-corrected chi connectivity index (χ0v) is 14.5. The lowest BCUT2D eigenvalue weighted by Crippen LogP contribution is -2.05. The third-order valence-corrected chi connectivity index (χ3v) is 3.47. The molecule has 0 saturated heterocycles. The number of hydrogen-bond donors (Lipinski definition) is 0. The van der Waals surface area contributed by atoms with Crippen molar-refractivity contribution in [1.29, 1.82) is 0 Å². The van der Waals surface area contributed by atoms with E-state index < -0.39 is 11.9 Å². The minimum atomic E-state index is -0.464. The average molecular weight is 352 g/mol. The molecule has 0 aliphatic heterocycles. The van der Waals surface area contributed by atoms with Gasteiger partial charge in [-0.05, 0) is 41.5 Å². The van der Waals surface area contributed by atoms with E-state index in [2.05, 4.69) is 6.58 Å². The fraction of sp³-hybridized carbons (Fsp3) is 0.143. The van der Waals surface area contributed by atoms with Gasteiger partial charge in [0, 0.05) is 18.6 Å². The van der Waals surface area contributed by atoms with Crippen LogP contribution >= 0.6 is 0 Å². The third-order valence-electron chi connectivity index (χ3n) is 3.47. The van der Waals surface area contributed by atoms with E-state index in [9.17, 15) is 9.59 Å². The van der Waals surface area contributed by atoms with Crippen molar-refractivity contribution in [2.24, 2.45) is 0 Å². The lowest BCUT2D eigenvalue weighted by Gasteiger charge is -2.05. The van der Waals surface area contributed by atoms with E-state index in [-0.39, 0.29) is 6.61 Å². The number of hydrogen-bond acceptors (Lipinski definition) is 5. The van der Waals surface area contributed by atoms with Gasteiger partial charge < -0.3 is 14.2 Å². The molecule has 134 valence electrons. The zero-order valence-electron chi connectivity index (χ0n) is 14.5. The highest BCUT2D eigenvalue weighted by Crippen LogP contribution is 2.15. The smallest absolute Gasteiger partial charge is 0.336 e. The molecule has 0 fully saturated rings. The van der Waals surface area contributed by atoms with Crippen LogP contribution in [0, 0.1) is 0 Å². The highest BCUT2D eigenvalue weighted by atomic mass is 16.5. The van der Waals surface area contributed by atoms with Crippen LogP contribution in [-0.4, -0.2) is 25.7 Å². The van der Waals surface area contributed by atoms with Gasteiger partial charge in [-0.25, -0.2) is 9.59 Å². The Bertz CT molecular complexity index is 773. The molecule has 0 unspecified atom stereocenters. The first kappa shape index (κ1) is 19.0. The maximum atomic E-state index is 11.9. The maximum absolute atomic E-state index is 11.9. The predicted octanol–water partition coefficient (Wildman–Crippen LogP) is 3.59. The number of ether oxygens (including phenoxy) is 3. The van der Waals surface area contributed by atoms with Crippen LogP contribution in [0.4, 0.5) is 0 Å². The molecule has 0 heterocycles. The third kappa shape index (κ3) is 6.28. The summed E-state index contributed by atoms with van der Waals surface area (Å²) in [5.74, 6) is 0.290. The Hall–Kier alpha value is -3.34. The molecule has 0 aliphatic rings. The number of benzene rings is 2. The van der Waals surface area contributed by atoms with Crippen molar-refractivity contribution >= 4 is 18.0 Å². The number of rotatable bonds is 8. The van der Waals surface area contributed by atoms with Crippen molar-refractivity contribution in [1.82, 2.24) is 0 Å². The first-order valence-corrected chi connectivity index (χ1v) is 8.03. The molecule has 5 heteroatoms. The summed E-state index contributed by atoms with van der Waals surface area (Å²) in [4.78, 5) is 22.8. The largest absolute Gasteiger partial charge is 0.497 e. The maximum Gasteiger partial charge on any atom is 0.336 e. The average Bonchev–Trinajstić information content (AvgIpc) is 2.68. The van der Waals surface area contributed by atoms with Crippen LogP contribution in [0.25, 0.3) is 6.08 Å². The summed E-state index contributed by atoms with van der Waals surface area (Å²) in [6.45, 7) is 3.61. The summed E-state index contributed by atoms with van der Waals surface area (Å²) < 4.78 is 15.2. The van der Waals surface area contributed by atoms with Gasteiger partial charge in [-0.3, -0.25) is 0 Å². The van der Waals surface area contributed by atoms with Gasteiger partial charge in [0.2, 0.25) is 0 Å². The predicted molar refractivity (Wildman–Crippen MR) is 99.0 cm³/mol. The van der Waals surface area contributed by atoms with Crippen LogP contribution < -0.4 is 9.47 Å². The SMILES string of the molecule is C=CC(=O)OCCc1ccc(OC(=O)/C=C/c2ccc(OC)cc2)cc1. The molecule has 26 heavy (non-hydrogen) atoms. The van der Waals surface area contributed by atoms with E-state index in [1.807, 2.05) is 36.4 Å².